The number of halogens is 2. The quantitative estimate of drug-likeness (QED) is 0.839. The van der Waals surface area contributed by atoms with Gasteiger partial charge in [-0.2, -0.15) is 0 Å². The molecule has 0 spiro atoms. The van der Waals surface area contributed by atoms with Crippen LogP contribution >= 0.6 is 27.5 Å². The summed E-state index contributed by atoms with van der Waals surface area (Å²) in [6.07, 6.45) is 1.36. The second-order valence-electron chi connectivity index (χ2n) is 6.30. The van der Waals surface area contributed by atoms with E-state index in [-0.39, 0.29) is 5.54 Å². The van der Waals surface area contributed by atoms with Crippen molar-refractivity contribution in [2.45, 2.75) is 44.8 Å². The molecule has 1 aliphatic carbocycles. The van der Waals surface area contributed by atoms with Crippen molar-refractivity contribution in [2.75, 3.05) is 6.61 Å². The molecule has 1 aliphatic rings. The number of nitrogens with one attached hydrogen (secondary N) is 1. The van der Waals surface area contributed by atoms with E-state index in [0.29, 0.717) is 17.4 Å². The minimum Gasteiger partial charge on any atom is -0.491 e. The Morgan fingerprint density at radius 2 is 2.05 bits per heavy atom. The molecule has 1 amide bonds. The van der Waals surface area contributed by atoms with Crippen LogP contribution in [0.2, 0.25) is 5.02 Å². The number of ether oxygens (including phenoxy) is 2. The van der Waals surface area contributed by atoms with Gasteiger partial charge in [0.25, 0.3) is 0 Å². The lowest BCUT2D eigenvalue weighted by Gasteiger charge is -2.23. The third kappa shape index (κ3) is 5.40. The Kier molecular flexibility index (Phi) is 4.73. The van der Waals surface area contributed by atoms with Gasteiger partial charge in [0.1, 0.15) is 18.0 Å². The van der Waals surface area contributed by atoms with Crippen LogP contribution in [-0.2, 0) is 4.74 Å². The zero-order valence-electron chi connectivity index (χ0n) is 12.3. The van der Waals surface area contributed by atoms with Gasteiger partial charge in [0, 0.05) is 9.50 Å². The molecule has 0 radical (unpaired) electrons. The first-order valence-electron chi connectivity index (χ1n) is 6.78. The van der Waals surface area contributed by atoms with Gasteiger partial charge in [0.2, 0.25) is 0 Å². The third-order valence-corrected chi connectivity index (χ3v) is 3.65. The molecule has 6 heteroatoms. The van der Waals surface area contributed by atoms with Crippen molar-refractivity contribution in [1.29, 1.82) is 0 Å². The molecule has 0 bridgehead atoms. The first-order chi connectivity index (χ1) is 9.67. The number of amides is 1. The van der Waals surface area contributed by atoms with Crippen LogP contribution in [0, 0.1) is 0 Å². The molecular weight excluding hydrogens is 358 g/mol. The van der Waals surface area contributed by atoms with Crippen LogP contribution in [0.25, 0.3) is 0 Å². The summed E-state index contributed by atoms with van der Waals surface area (Å²) in [4.78, 5) is 11.8. The van der Waals surface area contributed by atoms with Crippen molar-refractivity contribution in [3.8, 4) is 5.75 Å². The number of rotatable bonds is 4. The van der Waals surface area contributed by atoms with E-state index in [1.807, 2.05) is 26.8 Å². The number of carbonyl (C=O) groups is 1. The maximum absolute atomic E-state index is 11.8. The Labute approximate surface area is 138 Å². The minimum atomic E-state index is -0.501. The van der Waals surface area contributed by atoms with Gasteiger partial charge in [-0.3, -0.25) is 0 Å². The normalized spacial score (nSPS) is 16.2. The summed E-state index contributed by atoms with van der Waals surface area (Å²) in [5, 5.41) is 3.49. The second-order valence-corrected chi connectivity index (χ2v) is 7.65. The summed E-state index contributed by atoms with van der Waals surface area (Å²) in [7, 11) is 0. The van der Waals surface area contributed by atoms with Crippen LogP contribution < -0.4 is 10.1 Å². The molecule has 1 aromatic carbocycles. The molecule has 0 atom stereocenters. The van der Waals surface area contributed by atoms with E-state index in [4.69, 9.17) is 21.1 Å². The van der Waals surface area contributed by atoms with E-state index in [2.05, 4.69) is 21.2 Å². The highest BCUT2D eigenvalue weighted by Crippen LogP contribution is 2.36. The Balaban J connectivity index is 1.89. The molecule has 1 saturated carbocycles. The van der Waals surface area contributed by atoms with Crippen LogP contribution in [-0.4, -0.2) is 23.8 Å². The van der Waals surface area contributed by atoms with Crippen molar-refractivity contribution in [3.05, 3.63) is 27.7 Å². The predicted octanol–water partition coefficient (Wildman–Crippen LogP) is 4.54. The van der Waals surface area contributed by atoms with Gasteiger partial charge in [-0.1, -0.05) is 27.5 Å². The topological polar surface area (TPSA) is 47.6 Å². The average Bonchev–Trinajstić information content (AvgIpc) is 3.03. The summed E-state index contributed by atoms with van der Waals surface area (Å²) < 4.78 is 11.9. The van der Waals surface area contributed by atoms with Gasteiger partial charge < -0.3 is 14.8 Å². The summed E-state index contributed by atoms with van der Waals surface area (Å²) in [6, 6.07) is 5.38. The van der Waals surface area contributed by atoms with Gasteiger partial charge in [0.15, 0.2) is 0 Å². The zero-order valence-corrected chi connectivity index (χ0v) is 14.7. The molecule has 1 fully saturated rings. The second kappa shape index (κ2) is 6.05. The Morgan fingerprint density at radius 1 is 1.38 bits per heavy atom. The van der Waals surface area contributed by atoms with E-state index < -0.39 is 11.7 Å². The smallest absolute Gasteiger partial charge is 0.408 e. The predicted molar refractivity (Wildman–Crippen MR) is 86.0 cm³/mol. The molecule has 0 saturated heterocycles. The highest BCUT2D eigenvalue weighted by atomic mass is 79.9. The lowest BCUT2D eigenvalue weighted by molar-refractivity contribution is 0.0477. The van der Waals surface area contributed by atoms with E-state index >= 15 is 0 Å². The highest BCUT2D eigenvalue weighted by molar-refractivity contribution is 9.10. The molecule has 0 unspecified atom stereocenters. The maximum Gasteiger partial charge on any atom is 0.408 e. The molecule has 116 valence electrons. The highest BCUT2D eigenvalue weighted by Gasteiger charge is 2.46. The van der Waals surface area contributed by atoms with Crippen LogP contribution in [0.3, 0.4) is 0 Å². The van der Waals surface area contributed by atoms with Crippen molar-refractivity contribution in [3.63, 3.8) is 0 Å². The van der Waals surface area contributed by atoms with Gasteiger partial charge in [-0.15, -0.1) is 0 Å². The fourth-order valence-electron chi connectivity index (χ4n) is 1.81. The molecule has 2 rings (SSSR count). The summed E-state index contributed by atoms with van der Waals surface area (Å²) in [5.41, 5.74) is -0.823. The van der Waals surface area contributed by atoms with E-state index in [9.17, 15) is 4.79 Å². The Hall–Kier alpha value is -0.940. The Bertz CT molecular complexity index is 518. The van der Waals surface area contributed by atoms with Crippen LogP contribution in [0.15, 0.2) is 22.7 Å². The summed E-state index contributed by atoms with van der Waals surface area (Å²) in [6.45, 7) is 5.92. The first kappa shape index (κ1) is 16.4. The molecule has 0 aliphatic heterocycles. The van der Waals surface area contributed by atoms with Crippen molar-refractivity contribution < 1.29 is 14.3 Å². The largest absolute Gasteiger partial charge is 0.491 e. The van der Waals surface area contributed by atoms with Crippen LogP contribution in [0.1, 0.15) is 33.6 Å². The van der Waals surface area contributed by atoms with Crippen molar-refractivity contribution in [2.24, 2.45) is 0 Å². The van der Waals surface area contributed by atoms with Gasteiger partial charge >= 0.3 is 6.09 Å². The van der Waals surface area contributed by atoms with Crippen molar-refractivity contribution in [1.82, 2.24) is 5.32 Å². The SMILES string of the molecule is CC(C)(C)OC(=O)NC1(COc2cc(Cl)cc(Br)c2)CC1. The third-order valence-electron chi connectivity index (χ3n) is 2.97. The number of carbonyl (C=O) groups excluding carboxylic acids is 1. The standard InChI is InChI=1S/C15H19BrClNO3/c1-14(2,3)21-13(19)18-15(4-5-15)9-20-12-7-10(16)6-11(17)8-12/h6-8H,4-5,9H2,1-3H3,(H,18,19). The molecule has 1 aromatic rings. The van der Waals surface area contributed by atoms with E-state index in [0.717, 1.165) is 17.3 Å². The van der Waals surface area contributed by atoms with Crippen LogP contribution in [0.4, 0.5) is 4.79 Å². The minimum absolute atomic E-state index is 0.322. The monoisotopic (exact) mass is 375 g/mol. The number of hydrogen-bond donors (Lipinski definition) is 1. The van der Waals surface area contributed by atoms with E-state index in [1.54, 1.807) is 12.1 Å². The fourth-order valence-corrected chi connectivity index (χ4v) is 2.64. The fraction of sp³-hybridized carbons (Fsp3) is 0.533. The zero-order chi connectivity index (χ0) is 15.7. The molecule has 1 N–H and O–H groups in total. The molecule has 0 aromatic heterocycles. The van der Waals surface area contributed by atoms with Gasteiger partial charge in [0.05, 0.1) is 5.54 Å². The van der Waals surface area contributed by atoms with E-state index in [1.165, 1.54) is 0 Å². The Morgan fingerprint density at radius 3 is 2.57 bits per heavy atom. The summed E-state index contributed by atoms with van der Waals surface area (Å²) in [5.74, 6) is 0.673. The first-order valence-corrected chi connectivity index (χ1v) is 7.95. The number of hydrogen-bond acceptors (Lipinski definition) is 3. The molecule has 21 heavy (non-hydrogen) atoms. The lowest BCUT2D eigenvalue weighted by Crippen LogP contribution is -2.44. The summed E-state index contributed by atoms with van der Waals surface area (Å²) >= 11 is 9.34. The van der Waals surface area contributed by atoms with Crippen LogP contribution in [0.5, 0.6) is 5.75 Å². The number of alkyl carbamates (subject to hydrolysis) is 1. The molecule has 4 nitrogen and oxygen atoms in total. The molecule has 0 heterocycles. The average molecular weight is 377 g/mol. The number of benzene rings is 1. The molecular formula is C15H19BrClNO3. The maximum atomic E-state index is 11.8. The van der Waals surface area contributed by atoms with Crippen molar-refractivity contribution >= 4 is 33.6 Å². The van der Waals surface area contributed by atoms with Gasteiger partial charge in [-0.05, 0) is 51.8 Å². The lowest BCUT2D eigenvalue weighted by atomic mass is 10.2. The van der Waals surface area contributed by atoms with Gasteiger partial charge in [-0.25, -0.2) is 4.79 Å².